The Labute approximate surface area is 104 Å². The van der Waals surface area contributed by atoms with Gasteiger partial charge >= 0.3 is 0 Å². The molecule has 98 valence electrons. The van der Waals surface area contributed by atoms with E-state index in [1.807, 2.05) is 0 Å². The maximum absolute atomic E-state index is 10.8. The molecule has 18 heavy (non-hydrogen) atoms. The highest BCUT2D eigenvalue weighted by Gasteiger charge is 2.07. The number of hydrogen-bond acceptors (Lipinski definition) is 6. The van der Waals surface area contributed by atoms with Crippen LogP contribution < -0.4 is 0 Å². The largest absolute Gasteiger partial charge is 0.445 e. The van der Waals surface area contributed by atoms with Crippen molar-refractivity contribution in [3.05, 3.63) is 24.3 Å². The van der Waals surface area contributed by atoms with Crippen LogP contribution in [0.3, 0.4) is 0 Å². The Hall–Kier alpha value is -2.00. The Balaban J connectivity index is 2.69. The van der Waals surface area contributed by atoms with Crippen molar-refractivity contribution in [2.75, 3.05) is 13.8 Å². The number of benzene rings is 1. The fraction of sp³-hybridized carbons (Fsp3) is 0.222. The van der Waals surface area contributed by atoms with E-state index in [1.165, 1.54) is 29.3 Å². The van der Waals surface area contributed by atoms with E-state index in [2.05, 4.69) is 15.1 Å². The molecule has 8 nitrogen and oxygen atoms in total. The first kappa shape index (κ1) is 14.1. The molecule has 9 heteroatoms. The maximum Gasteiger partial charge on any atom is 0.294 e. The van der Waals surface area contributed by atoms with Gasteiger partial charge in [-0.3, -0.25) is 9.35 Å². The molecule has 0 amide bonds. The molecule has 1 aromatic carbocycles. The molecule has 0 aliphatic carbocycles. The van der Waals surface area contributed by atoms with Gasteiger partial charge in [-0.15, -0.1) is 5.11 Å². The van der Waals surface area contributed by atoms with Crippen LogP contribution in [0, 0.1) is 0 Å². The zero-order chi connectivity index (χ0) is 13.6. The molecule has 0 unspecified atom stereocenters. The van der Waals surface area contributed by atoms with Gasteiger partial charge in [-0.25, -0.2) is 5.01 Å². The minimum absolute atomic E-state index is 0.0455. The molecule has 0 spiro atoms. The SMILES string of the molecule is CN(COC=O)/N=N/c1ccc(S(=O)(=O)O)cc1. The molecule has 0 heterocycles. The molecule has 0 radical (unpaired) electrons. The molecule has 0 fully saturated rings. The molecule has 0 saturated heterocycles. The Morgan fingerprint density at radius 1 is 1.39 bits per heavy atom. The van der Waals surface area contributed by atoms with Crippen LogP contribution in [-0.2, 0) is 19.6 Å². The van der Waals surface area contributed by atoms with E-state index < -0.39 is 10.1 Å². The summed E-state index contributed by atoms with van der Waals surface area (Å²) in [7, 11) is -2.66. The predicted molar refractivity (Wildman–Crippen MR) is 60.6 cm³/mol. The zero-order valence-electron chi connectivity index (χ0n) is 9.42. The van der Waals surface area contributed by atoms with E-state index in [0.29, 0.717) is 5.69 Å². The monoisotopic (exact) mass is 273 g/mol. The summed E-state index contributed by atoms with van der Waals surface area (Å²) in [5.74, 6) is 0. The highest BCUT2D eigenvalue weighted by molar-refractivity contribution is 7.85. The lowest BCUT2D eigenvalue weighted by atomic mass is 10.3. The zero-order valence-corrected chi connectivity index (χ0v) is 10.2. The topological polar surface area (TPSA) is 109 Å². The summed E-state index contributed by atoms with van der Waals surface area (Å²) in [5, 5.41) is 8.72. The summed E-state index contributed by atoms with van der Waals surface area (Å²) in [4.78, 5) is 9.69. The lowest BCUT2D eigenvalue weighted by Crippen LogP contribution is -2.13. The third-order valence-electron chi connectivity index (χ3n) is 1.78. The molecule has 0 saturated carbocycles. The second kappa shape index (κ2) is 6.07. The van der Waals surface area contributed by atoms with Crippen molar-refractivity contribution in [3.63, 3.8) is 0 Å². The van der Waals surface area contributed by atoms with Gasteiger partial charge in [0.1, 0.15) is 0 Å². The number of carbonyl (C=O) groups is 1. The van der Waals surface area contributed by atoms with Crippen LogP contribution in [0.5, 0.6) is 0 Å². The van der Waals surface area contributed by atoms with Crippen LogP contribution in [0.25, 0.3) is 0 Å². The first-order chi connectivity index (χ1) is 8.43. The van der Waals surface area contributed by atoms with Crippen LogP contribution in [0.4, 0.5) is 5.69 Å². The highest BCUT2D eigenvalue weighted by Crippen LogP contribution is 2.16. The Bertz CT molecular complexity index is 526. The van der Waals surface area contributed by atoms with Crippen LogP contribution in [0.1, 0.15) is 0 Å². The maximum atomic E-state index is 10.8. The molecule has 0 aliphatic heterocycles. The van der Waals surface area contributed by atoms with E-state index in [1.54, 1.807) is 7.05 Å². The predicted octanol–water partition coefficient (Wildman–Crippen LogP) is 0.994. The summed E-state index contributed by atoms with van der Waals surface area (Å²) in [6.07, 6.45) is 0. The Kier molecular flexibility index (Phi) is 4.75. The normalized spacial score (nSPS) is 11.4. The van der Waals surface area contributed by atoms with Crippen molar-refractivity contribution >= 4 is 22.3 Å². The average Bonchev–Trinajstić information content (AvgIpc) is 2.33. The number of nitrogens with zero attached hydrogens (tertiary/aromatic N) is 3. The fourth-order valence-corrected chi connectivity index (χ4v) is 1.46. The molecule has 0 aromatic heterocycles. The van der Waals surface area contributed by atoms with Crippen LogP contribution in [0.15, 0.2) is 39.5 Å². The molecule has 1 rings (SSSR count). The molecule has 0 bridgehead atoms. The van der Waals surface area contributed by atoms with Gasteiger partial charge in [-0.2, -0.15) is 8.42 Å². The van der Waals surface area contributed by atoms with Gasteiger partial charge in [0.05, 0.1) is 10.6 Å². The van der Waals surface area contributed by atoms with Crippen molar-refractivity contribution < 1.29 is 22.5 Å². The number of carbonyl (C=O) groups excluding carboxylic acids is 1. The quantitative estimate of drug-likeness (QED) is 0.272. The van der Waals surface area contributed by atoms with Gasteiger partial charge in [0.2, 0.25) is 0 Å². The van der Waals surface area contributed by atoms with Crippen molar-refractivity contribution in [2.24, 2.45) is 10.3 Å². The minimum atomic E-state index is -4.20. The van der Waals surface area contributed by atoms with E-state index in [4.69, 9.17) is 4.55 Å². The van der Waals surface area contributed by atoms with E-state index in [9.17, 15) is 13.2 Å². The number of rotatable bonds is 6. The summed E-state index contributed by atoms with van der Waals surface area (Å²) in [6, 6.07) is 5.15. The molecular weight excluding hydrogens is 262 g/mol. The first-order valence-corrected chi connectivity index (χ1v) is 6.13. The summed E-state index contributed by atoms with van der Waals surface area (Å²) >= 11 is 0. The first-order valence-electron chi connectivity index (χ1n) is 4.69. The van der Waals surface area contributed by atoms with Gasteiger partial charge in [-0.05, 0) is 24.3 Å². The molecule has 1 aromatic rings. The third-order valence-corrected chi connectivity index (χ3v) is 2.64. The van der Waals surface area contributed by atoms with Gasteiger partial charge in [0, 0.05) is 7.05 Å². The van der Waals surface area contributed by atoms with Crippen LogP contribution in [0.2, 0.25) is 0 Å². The van der Waals surface area contributed by atoms with Crippen LogP contribution in [-0.4, -0.2) is 38.2 Å². The van der Waals surface area contributed by atoms with Gasteiger partial charge < -0.3 is 4.74 Å². The van der Waals surface area contributed by atoms with Gasteiger partial charge in [0.25, 0.3) is 16.6 Å². The minimum Gasteiger partial charge on any atom is -0.445 e. The lowest BCUT2D eigenvalue weighted by molar-refractivity contribution is -0.132. The third kappa shape index (κ3) is 4.47. The Morgan fingerprint density at radius 3 is 2.50 bits per heavy atom. The number of ether oxygens (including phenoxy) is 1. The van der Waals surface area contributed by atoms with E-state index in [0.717, 1.165) is 0 Å². The van der Waals surface area contributed by atoms with Crippen molar-refractivity contribution in [1.29, 1.82) is 0 Å². The number of hydrogen-bond donors (Lipinski definition) is 1. The van der Waals surface area contributed by atoms with Gasteiger partial charge in [0.15, 0.2) is 6.73 Å². The summed E-state index contributed by atoms with van der Waals surface area (Å²) in [5.41, 5.74) is 0.389. The van der Waals surface area contributed by atoms with Crippen molar-refractivity contribution in [3.8, 4) is 0 Å². The second-order valence-corrected chi connectivity index (χ2v) is 4.63. The van der Waals surface area contributed by atoms with Crippen molar-refractivity contribution in [2.45, 2.75) is 4.90 Å². The molecule has 0 aliphatic rings. The highest BCUT2D eigenvalue weighted by atomic mass is 32.2. The van der Waals surface area contributed by atoms with Crippen molar-refractivity contribution in [1.82, 2.24) is 5.01 Å². The lowest BCUT2D eigenvalue weighted by Gasteiger charge is -2.08. The van der Waals surface area contributed by atoms with E-state index >= 15 is 0 Å². The molecular formula is C9H11N3O5S. The van der Waals surface area contributed by atoms with E-state index in [-0.39, 0.29) is 18.1 Å². The van der Waals surface area contributed by atoms with Crippen LogP contribution >= 0.6 is 0 Å². The summed E-state index contributed by atoms with van der Waals surface area (Å²) in [6.45, 7) is 0.239. The average molecular weight is 273 g/mol. The second-order valence-electron chi connectivity index (χ2n) is 3.21. The van der Waals surface area contributed by atoms with Gasteiger partial charge in [-0.1, -0.05) is 5.22 Å². The standard InChI is InChI=1S/C9H11N3O5S/c1-12(6-17-7-13)11-10-8-2-4-9(5-3-8)18(14,15)16/h2-5,7H,6H2,1H3,(H,14,15,16)/b11-10+. The fourth-order valence-electron chi connectivity index (χ4n) is 0.977. The molecule has 0 atom stereocenters. The molecule has 1 N–H and O–H groups in total. The Morgan fingerprint density at radius 2 is 2.00 bits per heavy atom. The summed E-state index contributed by atoms with van der Waals surface area (Å²) < 4.78 is 34.7. The smallest absolute Gasteiger partial charge is 0.294 e.